The summed E-state index contributed by atoms with van der Waals surface area (Å²) in [6.45, 7) is 0. The molecule has 0 saturated carbocycles. The van der Waals surface area contributed by atoms with Gasteiger partial charge in [0.1, 0.15) is 11.5 Å². The molecule has 0 unspecified atom stereocenters. The van der Waals surface area contributed by atoms with E-state index in [2.05, 4.69) is 10.3 Å². The lowest BCUT2D eigenvalue weighted by Crippen LogP contribution is -2.28. The molecule has 4 heteroatoms. The summed E-state index contributed by atoms with van der Waals surface area (Å²) in [7, 11) is 3.47. The Balaban J connectivity index is 2.40. The zero-order valence-electron chi connectivity index (χ0n) is 9.27. The third-order valence-electron chi connectivity index (χ3n) is 2.38. The van der Waals surface area contributed by atoms with Gasteiger partial charge in [0.2, 0.25) is 0 Å². The van der Waals surface area contributed by atoms with Gasteiger partial charge in [-0.05, 0) is 0 Å². The van der Waals surface area contributed by atoms with Crippen molar-refractivity contribution in [3.63, 3.8) is 0 Å². The standard InChI is InChI=1S/C12H13N3O/c1-13-8-10-12(16)15(2)11(14-10)9-6-4-3-5-7-9/h3-8,13H,1-2H3/b10-8-. The number of aliphatic imine (C=N–C) groups is 1. The number of benzene rings is 1. The van der Waals surface area contributed by atoms with Crippen molar-refractivity contribution in [3.8, 4) is 0 Å². The SMILES string of the molecule is CN/C=C1\N=C(c2ccccc2)N(C)C1=O. The monoisotopic (exact) mass is 215 g/mol. The Morgan fingerprint density at radius 1 is 1.31 bits per heavy atom. The summed E-state index contributed by atoms with van der Waals surface area (Å²) in [6.07, 6.45) is 1.61. The molecule has 82 valence electrons. The van der Waals surface area contributed by atoms with Gasteiger partial charge in [0.25, 0.3) is 5.91 Å². The number of nitrogens with zero attached hydrogens (tertiary/aromatic N) is 2. The van der Waals surface area contributed by atoms with Crippen molar-refractivity contribution in [1.29, 1.82) is 0 Å². The van der Waals surface area contributed by atoms with Crippen LogP contribution in [0.5, 0.6) is 0 Å². The lowest BCUT2D eigenvalue weighted by Gasteiger charge is -2.10. The third kappa shape index (κ3) is 1.69. The summed E-state index contributed by atoms with van der Waals surface area (Å²) in [5, 5.41) is 2.82. The smallest absolute Gasteiger partial charge is 0.279 e. The number of carbonyl (C=O) groups excluding carboxylic acids is 1. The second kappa shape index (κ2) is 4.18. The summed E-state index contributed by atoms with van der Waals surface area (Å²) in [5.41, 5.74) is 1.38. The number of rotatable bonds is 2. The topological polar surface area (TPSA) is 44.7 Å². The van der Waals surface area contributed by atoms with E-state index in [0.717, 1.165) is 5.56 Å². The number of hydrogen-bond donors (Lipinski definition) is 1. The van der Waals surface area contributed by atoms with E-state index >= 15 is 0 Å². The molecule has 1 N–H and O–H groups in total. The van der Waals surface area contributed by atoms with Crippen LogP contribution in [0.25, 0.3) is 0 Å². The highest BCUT2D eigenvalue weighted by atomic mass is 16.2. The largest absolute Gasteiger partial charge is 0.392 e. The molecule has 0 spiro atoms. The molecule has 1 aromatic rings. The van der Waals surface area contributed by atoms with Crippen molar-refractivity contribution in [1.82, 2.24) is 10.2 Å². The Kier molecular flexibility index (Phi) is 2.72. The number of amides is 1. The Labute approximate surface area is 94.3 Å². The maximum absolute atomic E-state index is 11.8. The van der Waals surface area contributed by atoms with Gasteiger partial charge in [-0.1, -0.05) is 30.3 Å². The number of nitrogens with one attached hydrogen (secondary N) is 1. The zero-order valence-corrected chi connectivity index (χ0v) is 9.27. The fourth-order valence-electron chi connectivity index (χ4n) is 1.58. The molecule has 16 heavy (non-hydrogen) atoms. The minimum absolute atomic E-state index is 0.0896. The van der Waals surface area contributed by atoms with Crippen molar-refractivity contribution < 1.29 is 4.79 Å². The van der Waals surface area contributed by atoms with Crippen molar-refractivity contribution in [3.05, 3.63) is 47.8 Å². The van der Waals surface area contributed by atoms with E-state index < -0.39 is 0 Å². The van der Waals surface area contributed by atoms with Crippen LogP contribution in [0, 0.1) is 0 Å². The van der Waals surface area contributed by atoms with Gasteiger partial charge >= 0.3 is 0 Å². The second-order valence-corrected chi connectivity index (χ2v) is 3.48. The number of carbonyl (C=O) groups is 1. The van der Waals surface area contributed by atoms with Crippen LogP contribution in [0.15, 0.2) is 47.2 Å². The molecular weight excluding hydrogens is 202 g/mol. The molecule has 0 bridgehead atoms. The van der Waals surface area contributed by atoms with E-state index in [1.165, 1.54) is 0 Å². The van der Waals surface area contributed by atoms with Gasteiger partial charge in [-0.3, -0.25) is 9.69 Å². The predicted octanol–water partition coefficient (Wildman–Crippen LogP) is 0.966. The minimum Gasteiger partial charge on any atom is -0.392 e. The van der Waals surface area contributed by atoms with Crippen molar-refractivity contribution in [2.45, 2.75) is 0 Å². The normalized spacial score (nSPS) is 17.9. The van der Waals surface area contributed by atoms with E-state index in [0.29, 0.717) is 11.5 Å². The highest BCUT2D eigenvalue weighted by molar-refractivity contribution is 6.17. The lowest BCUT2D eigenvalue weighted by molar-refractivity contribution is -0.121. The van der Waals surface area contributed by atoms with Crippen LogP contribution in [0.1, 0.15) is 5.56 Å². The maximum Gasteiger partial charge on any atom is 0.279 e. The molecular formula is C12H13N3O. The molecule has 1 aliphatic rings. The molecule has 0 saturated heterocycles. The molecule has 1 heterocycles. The summed E-state index contributed by atoms with van der Waals surface area (Å²) >= 11 is 0. The van der Waals surface area contributed by atoms with Crippen LogP contribution >= 0.6 is 0 Å². The van der Waals surface area contributed by atoms with E-state index in [1.54, 1.807) is 25.2 Å². The van der Waals surface area contributed by atoms with E-state index in [1.807, 2.05) is 30.3 Å². The molecule has 0 atom stereocenters. The van der Waals surface area contributed by atoms with E-state index in [-0.39, 0.29) is 5.91 Å². The van der Waals surface area contributed by atoms with Crippen LogP contribution in [0.2, 0.25) is 0 Å². The predicted molar refractivity (Wildman–Crippen MR) is 62.9 cm³/mol. The van der Waals surface area contributed by atoms with Crippen LogP contribution in [0.3, 0.4) is 0 Å². The molecule has 2 rings (SSSR count). The lowest BCUT2D eigenvalue weighted by atomic mass is 10.2. The zero-order chi connectivity index (χ0) is 11.5. The minimum atomic E-state index is -0.0896. The molecule has 0 radical (unpaired) electrons. The van der Waals surface area contributed by atoms with Gasteiger partial charge in [0.15, 0.2) is 0 Å². The van der Waals surface area contributed by atoms with Gasteiger partial charge in [0.05, 0.1) is 0 Å². The van der Waals surface area contributed by atoms with Gasteiger partial charge < -0.3 is 5.32 Å². The molecule has 0 aromatic heterocycles. The van der Waals surface area contributed by atoms with Gasteiger partial charge in [-0.15, -0.1) is 0 Å². The highest BCUT2D eigenvalue weighted by Crippen LogP contribution is 2.17. The summed E-state index contributed by atoms with van der Waals surface area (Å²) in [6, 6.07) is 9.66. The average molecular weight is 215 g/mol. The third-order valence-corrected chi connectivity index (χ3v) is 2.38. The summed E-state index contributed by atoms with van der Waals surface area (Å²) in [4.78, 5) is 17.6. The highest BCUT2D eigenvalue weighted by Gasteiger charge is 2.27. The Morgan fingerprint density at radius 3 is 2.62 bits per heavy atom. The van der Waals surface area contributed by atoms with Gasteiger partial charge in [0, 0.05) is 25.9 Å². The summed E-state index contributed by atoms with van der Waals surface area (Å²) < 4.78 is 0. The Hall–Kier alpha value is -2.10. The molecule has 1 aromatic carbocycles. The van der Waals surface area contributed by atoms with E-state index in [9.17, 15) is 4.79 Å². The number of likely N-dealkylation sites (N-methyl/N-ethyl adjacent to an activating group) is 1. The van der Waals surface area contributed by atoms with Gasteiger partial charge in [-0.25, -0.2) is 4.99 Å². The van der Waals surface area contributed by atoms with Crippen molar-refractivity contribution in [2.24, 2.45) is 4.99 Å². The summed E-state index contributed by atoms with van der Waals surface area (Å²) in [5.74, 6) is 0.598. The number of hydrogen-bond acceptors (Lipinski definition) is 3. The fourth-order valence-corrected chi connectivity index (χ4v) is 1.58. The average Bonchev–Trinajstić information content (AvgIpc) is 2.59. The maximum atomic E-state index is 11.8. The molecule has 0 aliphatic carbocycles. The quantitative estimate of drug-likeness (QED) is 0.747. The van der Waals surface area contributed by atoms with Gasteiger partial charge in [-0.2, -0.15) is 0 Å². The van der Waals surface area contributed by atoms with E-state index in [4.69, 9.17) is 0 Å². The fraction of sp³-hybridized carbons (Fsp3) is 0.167. The van der Waals surface area contributed by atoms with Crippen LogP contribution in [-0.2, 0) is 4.79 Å². The number of amidine groups is 1. The van der Waals surface area contributed by atoms with Crippen LogP contribution in [-0.4, -0.2) is 30.7 Å². The first-order valence-corrected chi connectivity index (χ1v) is 5.03. The van der Waals surface area contributed by atoms with Crippen molar-refractivity contribution >= 4 is 11.7 Å². The molecule has 4 nitrogen and oxygen atoms in total. The van der Waals surface area contributed by atoms with Crippen LogP contribution in [0.4, 0.5) is 0 Å². The molecule has 1 amide bonds. The first-order chi connectivity index (χ1) is 7.74. The van der Waals surface area contributed by atoms with Crippen molar-refractivity contribution in [2.75, 3.05) is 14.1 Å². The first kappa shape index (κ1) is 10.4. The Morgan fingerprint density at radius 2 is 2.00 bits per heavy atom. The van der Waals surface area contributed by atoms with Crippen LogP contribution < -0.4 is 5.32 Å². The Bertz CT molecular complexity index is 462. The first-order valence-electron chi connectivity index (χ1n) is 5.03. The molecule has 1 aliphatic heterocycles. The molecule has 0 fully saturated rings. The second-order valence-electron chi connectivity index (χ2n) is 3.48.